The smallest absolute Gasteiger partial charge is 0.242 e. The van der Waals surface area contributed by atoms with Gasteiger partial charge in [0.15, 0.2) is 0 Å². The van der Waals surface area contributed by atoms with Crippen LogP contribution in [-0.2, 0) is 21.4 Å². The number of amides is 1. The highest BCUT2D eigenvalue weighted by Gasteiger charge is 2.19. The highest BCUT2D eigenvalue weighted by molar-refractivity contribution is 7.89. The second-order valence-electron chi connectivity index (χ2n) is 5.89. The monoisotopic (exact) mass is 436 g/mol. The summed E-state index contributed by atoms with van der Waals surface area (Å²) < 4.78 is 37.8. The number of anilines is 1. The fraction of sp³-hybridized carbons (Fsp3) is 0.167. The van der Waals surface area contributed by atoms with Crippen LogP contribution in [0.4, 0.5) is 5.69 Å². The molecule has 0 fully saturated rings. The average Bonchev–Trinajstić information content (AvgIpc) is 3.15. The summed E-state index contributed by atoms with van der Waals surface area (Å²) in [6.45, 7) is 1.11. The molecule has 1 amide bonds. The van der Waals surface area contributed by atoms with Crippen molar-refractivity contribution in [1.82, 2.24) is 14.9 Å². The maximum Gasteiger partial charge on any atom is 0.242 e. The van der Waals surface area contributed by atoms with Gasteiger partial charge in [-0.15, -0.1) is 0 Å². The van der Waals surface area contributed by atoms with Gasteiger partial charge in [0.25, 0.3) is 0 Å². The van der Waals surface area contributed by atoms with E-state index in [-0.39, 0.29) is 28.9 Å². The first-order chi connectivity index (χ1) is 13.8. The molecule has 0 aliphatic carbocycles. The van der Waals surface area contributed by atoms with Crippen molar-refractivity contribution in [2.45, 2.75) is 18.4 Å². The predicted molar refractivity (Wildman–Crippen MR) is 106 cm³/mol. The first-order valence-electron chi connectivity index (χ1n) is 8.32. The Kier molecular flexibility index (Phi) is 6.16. The summed E-state index contributed by atoms with van der Waals surface area (Å²) in [6, 6.07) is 10.9. The van der Waals surface area contributed by atoms with Gasteiger partial charge < -0.3 is 14.6 Å². The van der Waals surface area contributed by atoms with Gasteiger partial charge in [0.1, 0.15) is 5.75 Å². The number of carbonyl (C=O) groups is 1. The van der Waals surface area contributed by atoms with Crippen LogP contribution >= 0.6 is 11.6 Å². The van der Waals surface area contributed by atoms with Crippen molar-refractivity contribution >= 4 is 33.2 Å². The summed E-state index contributed by atoms with van der Waals surface area (Å²) >= 11 is 5.85. The van der Waals surface area contributed by atoms with Gasteiger partial charge in [0, 0.05) is 17.5 Å². The number of carbonyl (C=O) groups excluding carboxylic acids is 1. The highest BCUT2D eigenvalue weighted by Crippen LogP contribution is 2.27. The van der Waals surface area contributed by atoms with Crippen molar-refractivity contribution < 1.29 is 22.5 Å². The van der Waals surface area contributed by atoms with E-state index in [4.69, 9.17) is 20.9 Å². The standard InChI is InChI=1S/C18H17ClN4O5S/c1-11(24)21-15-9-14(7-8-16(15)27-2)29(25,26)20-10-17-22-18(23-28-17)12-3-5-13(19)6-4-12/h3-9,20H,10H2,1-2H3,(H,21,24). The minimum absolute atomic E-state index is 0.0560. The number of hydrogen-bond donors (Lipinski definition) is 2. The summed E-state index contributed by atoms with van der Waals surface area (Å²) in [7, 11) is -2.49. The number of halogens is 1. The molecule has 152 valence electrons. The quantitative estimate of drug-likeness (QED) is 0.583. The van der Waals surface area contributed by atoms with Crippen molar-refractivity contribution in [3.63, 3.8) is 0 Å². The van der Waals surface area contributed by atoms with Crippen molar-refractivity contribution in [2.24, 2.45) is 0 Å². The second kappa shape index (κ2) is 8.60. The Hall–Kier alpha value is -2.95. The van der Waals surface area contributed by atoms with Gasteiger partial charge in [-0.1, -0.05) is 16.8 Å². The molecule has 1 heterocycles. The largest absolute Gasteiger partial charge is 0.495 e. The van der Waals surface area contributed by atoms with Crippen LogP contribution in [-0.4, -0.2) is 31.6 Å². The normalized spacial score (nSPS) is 11.3. The lowest BCUT2D eigenvalue weighted by Gasteiger charge is -2.11. The predicted octanol–water partition coefficient (Wildman–Crippen LogP) is 2.84. The lowest BCUT2D eigenvalue weighted by Crippen LogP contribution is -2.23. The van der Waals surface area contributed by atoms with Crippen LogP contribution in [0.2, 0.25) is 5.02 Å². The topological polar surface area (TPSA) is 123 Å². The molecule has 2 aromatic carbocycles. The number of methoxy groups -OCH3 is 1. The molecule has 2 N–H and O–H groups in total. The zero-order valence-electron chi connectivity index (χ0n) is 15.5. The fourth-order valence-electron chi connectivity index (χ4n) is 2.42. The number of aromatic nitrogens is 2. The van der Waals surface area contributed by atoms with Crippen LogP contribution in [0.3, 0.4) is 0 Å². The Morgan fingerprint density at radius 2 is 1.93 bits per heavy atom. The van der Waals surface area contributed by atoms with Crippen molar-refractivity contribution in [1.29, 1.82) is 0 Å². The van der Waals surface area contributed by atoms with Gasteiger partial charge in [-0.3, -0.25) is 4.79 Å². The Labute approximate surface area is 172 Å². The van der Waals surface area contributed by atoms with E-state index in [1.54, 1.807) is 24.3 Å². The van der Waals surface area contributed by atoms with E-state index in [1.807, 2.05) is 0 Å². The minimum Gasteiger partial charge on any atom is -0.495 e. The summed E-state index contributed by atoms with van der Waals surface area (Å²) in [5.74, 6) is 0.387. The molecule has 11 heteroatoms. The summed E-state index contributed by atoms with van der Waals surface area (Å²) in [6.07, 6.45) is 0. The van der Waals surface area contributed by atoms with E-state index < -0.39 is 10.0 Å². The molecule has 0 radical (unpaired) electrons. The Morgan fingerprint density at radius 3 is 2.59 bits per heavy atom. The van der Waals surface area contributed by atoms with Gasteiger partial charge in [0.05, 0.1) is 24.2 Å². The molecule has 3 rings (SSSR count). The number of ether oxygens (including phenoxy) is 1. The molecule has 0 saturated carbocycles. The van der Waals surface area contributed by atoms with E-state index in [1.165, 1.54) is 32.2 Å². The van der Waals surface area contributed by atoms with Crippen LogP contribution in [0.1, 0.15) is 12.8 Å². The Bertz CT molecular complexity index is 1130. The molecular formula is C18H17ClN4O5S. The van der Waals surface area contributed by atoms with Crippen molar-refractivity contribution in [3.05, 3.63) is 53.4 Å². The van der Waals surface area contributed by atoms with Crippen LogP contribution in [0.5, 0.6) is 5.75 Å². The van der Waals surface area contributed by atoms with Gasteiger partial charge in [-0.05, 0) is 42.5 Å². The molecule has 29 heavy (non-hydrogen) atoms. The third kappa shape index (κ3) is 5.11. The first-order valence-corrected chi connectivity index (χ1v) is 10.2. The minimum atomic E-state index is -3.90. The number of rotatable bonds is 7. The molecule has 0 aliphatic rings. The van der Waals surface area contributed by atoms with Gasteiger partial charge in [-0.25, -0.2) is 13.1 Å². The SMILES string of the molecule is COc1ccc(S(=O)(=O)NCc2nc(-c3ccc(Cl)cc3)no2)cc1NC(C)=O. The third-order valence-electron chi connectivity index (χ3n) is 3.78. The summed E-state index contributed by atoms with van der Waals surface area (Å²) in [5.41, 5.74) is 0.924. The van der Waals surface area contributed by atoms with Gasteiger partial charge in [-0.2, -0.15) is 4.98 Å². The van der Waals surface area contributed by atoms with Crippen LogP contribution in [0, 0.1) is 0 Å². The maximum atomic E-state index is 12.6. The number of benzene rings is 2. The van der Waals surface area contributed by atoms with Gasteiger partial charge >= 0.3 is 0 Å². The zero-order valence-corrected chi connectivity index (χ0v) is 17.0. The van der Waals surface area contributed by atoms with Crippen molar-refractivity contribution in [2.75, 3.05) is 12.4 Å². The maximum absolute atomic E-state index is 12.6. The molecule has 0 unspecified atom stereocenters. The molecule has 3 aromatic rings. The van der Waals surface area contributed by atoms with E-state index in [0.29, 0.717) is 22.2 Å². The molecule has 0 saturated heterocycles. The summed E-state index contributed by atoms with van der Waals surface area (Å²) in [4.78, 5) is 15.4. The first kappa shape index (κ1) is 20.8. The molecule has 0 spiro atoms. The number of sulfonamides is 1. The van der Waals surface area contributed by atoms with E-state index >= 15 is 0 Å². The van der Waals surface area contributed by atoms with Crippen molar-refractivity contribution in [3.8, 4) is 17.1 Å². The van der Waals surface area contributed by atoms with E-state index in [2.05, 4.69) is 20.2 Å². The lowest BCUT2D eigenvalue weighted by molar-refractivity contribution is -0.114. The molecule has 0 aliphatic heterocycles. The summed E-state index contributed by atoms with van der Waals surface area (Å²) in [5, 5.41) is 6.93. The van der Waals surface area contributed by atoms with E-state index in [0.717, 1.165) is 0 Å². The van der Waals surface area contributed by atoms with Crippen LogP contribution < -0.4 is 14.8 Å². The number of nitrogens with one attached hydrogen (secondary N) is 2. The third-order valence-corrected chi connectivity index (χ3v) is 5.43. The fourth-order valence-corrected chi connectivity index (χ4v) is 3.55. The van der Waals surface area contributed by atoms with Gasteiger partial charge in [0.2, 0.25) is 27.6 Å². The Balaban J connectivity index is 1.75. The molecule has 9 nitrogen and oxygen atoms in total. The number of nitrogens with zero attached hydrogens (tertiary/aromatic N) is 2. The second-order valence-corrected chi connectivity index (χ2v) is 8.09. The molecule has 1 aromatic heterocycles. The highest BCUT2D eigenvalue weighted by atomic mass is 35.5. The molecular weight excluding hydrogens is 420 g/mol. The van der Waals surface area contributed by atoms with E-state index in [9.17, 15) is 13.2 Å². The lowest BCUT2D eigenvalue weighted by atomic mass is 10.2. The number of hydrogen-bond acceptors (Lipinski definition) is 7. The Morgan fingerprint density at radius 1 is 1.21 bits per heavy atom. The molecule has 0 bridgehead atoms. The van der Waals surface area contributed by atoms with Crippen LogP contribution in [0.15, 0.2) is 51.9 Å². The molecule has 0 atom stereocenters. The van der Waals surface area contributed by atoms with Crippen LogP contribution in [0.25, 0.3) is 11.4 Å². The average molecular weight is 437 g/mol. The zero-order chi connectivity index (χ0) is 21.0.